The molecule has 1 aromatic heterocycles. The van der Waals surface area contributed by atoms with Gasteiger partial charge in [0.05, 0.1) is 25.4 Å². The summed E-state index contributed by atoms with van der Waals surface area (Å²) in [6.07, 6.45) is 2.04. The van der Waals surface area contributed by atoms with Gasteiger partial charge in [0.25, 0.3) is 0 Å². The Morgan fingerprint density at radius 3 is 2.74 bits per heavy atom. The van der Waals surface area contributed by atoms with Crippen molar-refractivity contribution in [2.45, 2.75) is 25.3 Å². The molecular formula is C14H21N3O2. The standard InChI is InChI=1S/C14H21N3O2/c1-11-8-12(16-14(10-18)2-3-14)15-13(9-11)17-4-6-19-7-5-17/h8-9,18H,2-7,10H2,1H3,(H,15,16). The van der Waals surface area contributed by atoms with Crippen LogP contribution in [0, 0.1) is 6.92 Å². The summed E-state index contributed by atoms with van der Waals surface area (Å²) >= 11 is 0. The summed E-state index contributed by atoms with van der Waals surface area (Å²) in [6, 6.07) is 4.15. The maximum Gasteiger partial charge on any atom is 0.131 e. The first-order valence-electron chi connectivity index (χ1n) is 6.91. The van der Waals surface area contributed by atoms with Crippen LogP contribution in [0.4, 0.5) is 11.6 Å². The summed E-state index contributed by atoms with van der Waals surface area (Å²) < 4.78 is 5.37. The Morgan fingerprint density at radius 2 is 2.11 bits per heavy atom. The number of aliphatic hydroxyl groups is 1. The quantitative estimate of drug-likeness (QED) is 0.854. The Hall–Kier alpha value is -1.33. The average Bonchev–Trinajstić information content (AvgIpc) is 3.19. The third-order valence-corrected chi connectivity index (χ3v) is 3.84. The van der Waals surface area contributed by atoms with E-state index in [9.17, 15) is 5.11 Å². The van der Waals surface area contributed by atoms with Gasteiger partial charge in [0, 0.05) is 13.1 Å². The van der Waals surface area contributed by atoms with Gasteiger partial charge in [0.1, 0.15) is 11.6 Å². The molecule has 2 fully saturated rings. The number of pyridine rings is 1. The van der Waals surface area contributed by atoms with Gasteiger partial charge in [-0.2, -0.15) is 0 Å². The summed E-state index contributed by atoms with van der Waals surface area (Å²) in [5.74, 6) is 1.87. The molecule has 0 unspecified atom stereocenters. The second kappa shape index (κ2) is 4.98. The zero-order chi connectivity index (χ0) is 13.3. The number of nitrogens with one attached hydrogen (secondary N) is 1. The van der Waals surface area contributed by atoms with E-state index in [4.69, 9.17) is 4.74 Å². The monoisotopic (exact) mass is 263 g/mol. The number of rotatable bonds is 4. The molecule has 0 amide bonds. The lowest BCUT2D eigenvalue weighted by atomic mass is 10.2. The lowest BCUT2D eigenvalue weighted by Gasteiger charge is -2.28. The van der Waals surface area contributed by atoms with Crippen molar-refractivity contribution in [3.05, 3.63) is 17.7 Å². The van der Waals surface area contributed by atoms with Crippen molar-refractivity contribution in [2.24, 2.45) is 0 Å². The third kappa shape index (κ3) is 2.82. The number of nitrogens with zero attached hydrogens (tertiary/aromatic N) is 2. The first-order valence-corrected chi connectivity index (χ1v) is 6.91. The SMILES string of the molecule is Cc1cc(NC2(CO)CC2)nc(N2CCOCC2)c1. The van der Waals surface area contributed by atoms with Gasteiger partial charge in [-0.1, -0.05) is 0 Å². The van der Waals surface area contributed by atoms with Crippen LogP contribution in [0.2, 0.25) is 0 Å². The van der Waals surface area contributed by atoms with Crippen molar-refractivity contribution >= 4 is 11.6 Å². The molecule has 5 heteroatoms. The molecule has 1 saturated heterocycles. The van der Waals surface area contributed by atoms with Crippen molar-refractivity contribution in [3.63, 3.8) is 0 Å². The molecule has 2 aliphatic rings. The predicted molar refractivity (Wildman–Crippen MR) is 74.7 cm³/mol. The van der Waals surface area contributed by atoms with Crippen LogP contribution in [0.15, 0.2) is 12.1 Å². The van der Waals surface area contributed by atoms with Gasteiger partial charge in [-0.25, -0.2) is 4.98 Å². The van der Waals surface area contributed by atoms with Gasteiger partial charge in [-0.3, -0.25) is 0 Å². The highest BCUT2D eigenvalue weighted by Crippen LogP contribution is 2.38. The van der Waals surface area contributed by atoms with Crippen LogP contribution in [0.1, 0.15) is 18.4 Å². The first kappa shape index (κ1) is 12.7. The van der Waals surface area contributed by atoms with Gasteiger partial charge in [0.15, 0.2) is 0 Å². The number of aromatic nitrogens is 1. The number of ether oxygens (including phenoxy) is 1. The van der Waals surface area contributed by atoms with Crippen LogP contribution in [-0.2, 0) is 4.74 Å². The van der Waals surface area contributed by atoms with E-state index in [2.05, 4.69) is 28.2 Å². The fourth-order valence-corrected chi connectivity index (χ4v) is 2.41. The van der Waals surface area contributed by atoms with E-state index >= 15 is 0 Å². The Balaban J connectivity index is 1.79. The highest BCUT2D eigenvalue weighted by atomic mass is 16.5. The van der Waals surface area contributed by atoms with Crippen molar-refractivity contribution in [2.75, 3.05) is 43.1 Å². The van der Waals surface area contributed by atoms with Crippen molar-refractivity contribution in [1.29, 1.82) is 0 Å². The van der Waals surface area contributed by atoms with E-state index in [-0.39, 0.29) is 12.1 Å². The Bertz CT molecular complexity index is 454. The number of hydrogen-bond acceptors (Lipinski definition) is 5. The molecule has 0 aromatic carbocycles. The maximum atomic E-state index is 9.39. The molecule has 19 heavy (non-hydrogen) atoms. The third-order valence-electron chi connectivity index (χ3n) is 3.84. The summed E-state index contributed by atoms with van der Waals surface area (Å²) in [5.41, 5.74) is 1.07. The molecule has 1 aliphatic heterocycles. The molecule has 2 heterocycles. The molecule has 5 nitrogen and oxygen atoms in total. The molecule has 3 rings (SSSR count). The number of aliphatic hydroxyl groups excluding tert-OH is 1. The molecule has 0 bridgehead atoms. The lowest BCUT2D eigenvalue weighted by Crippen LogP contribution is -2.37. The van der Waals surface area contributed by atoms with E-state index in [1.807, 2.05) is 6.07 Å². The van der Waals surface area contributed by atoms with Gasteiger partial charge in [-0.15, -0.1) is 0 Å². The van der Waals surface area contributed by atoms with E-state index < -0.39 is 0 Å². The van der Waals surface area contributed by atoms with Crippen LogP contribution < -0.4 is 10.2 Å². The number of hydrogen-bond donors (Lipinski definition) is 2. The molecule has 1 saturated carbocycles. The van der Waals surface area contributed by atoms with Crippen LogP contribution in [-0.4, -0.2) is 48.5 Å². The van der Waals surface area contributed by atoms with Crippen molar-refractivity contribution < 1.29 is 9.84 Å². The van der Waals surface area contributed by atoms with E-state index in [0.717, 1.165) is 50.8 Å². The molecule has 0 spiro atoms. The summed E-state index contributed by atoms with van der Waals surface area (Å²) in [6.45, 7) is 5.56. The topological polar surface area (TPSA) is 57.6 Å². The van der Waals surface area contributed by atoms with Crippen LogP contribution in [0.5, 0.6) is 0 Å². The second-order valence-electron chi connectivity index (χ2n) is 5.55. The zero-order valence-electron chi connectivity index (χ0n) is 11.4. The Morgan fingerprint density at radius 1 is 1.37 bits per heavy atom. The predicted octanol–water partition coefficient (Wildman–Crippen LogP) is 1.16. The minimum atomic E-state index is -0.122. The van der Waals surface area contributed by atoms with E-state index in [1.165, 1.54) is 5.56 Å². The van der Waals surface area contributed by atoms with E-state index in [1.54, 1.807) is 0 Å². The summed E-state index contributed by atoms with van der Waals surface area (Å²) in [7, 11) is 0. The van der Waals surface area contributed by atoms with Crippen molar-refractivity contribution in [1.82, 2.24) is 4.98 Å². The van der Waals surface area contributed by atoms with Gasteiger partial charge < -0.3 is 20.1 Å². The van der Waals surface area contributed by atoms with Crippen molar-refractivity contribution in [3.8, 4) is 0 Å². The fraction of sp³-hybridized carbons (Fsp3) is 0.643. The molecule has 0 radical (unpaired) electrons. The second-order valence-corrected chi connectivity index (χ2v) is 5.55. The molecule has 1 aliphatic carbocycles. The highest BCUT2D eigenvalue weighted by molar-refractivity contribution is 5.52. The molecule has 1 aromatic rings. The van der Waals surface area contributed by atoms with Gasteiger partial charge in [0.2, 0.25) is 0 Å². The van der Waals surface area contributed by atoms with Crippen LogP contribution in [0.25, 0.3) is 0 Å². The minimum Gasteiger partial charge on any atom is -0.394 e. The van der Waals surface area contributed by atoms with Gasteiger partial charge >= 0.3 is 0 Å². The normalized spacial score (nSPS) is 21.3. The smallest absolute Gasteiger partial charge is 0.131 e. The average molecular weight is 263 g/mol. The van der Waals surface area contributed by atoms with Crippen LogP contribution >= 0.6 is 0 Å². The van der Waals surface area contributed by atoms with Gasteiger partial charge in [-0.05, 0) is 37.5 Å². The number of anilines is 2. The van der Waals surface area contributed by atoms with Crippen LogP contribution in [0.3, 0.4) is 0 Å². The Labute approximate surface area is 113 Å². The molecular weight excluding hydrogens is 242 g/mol. The van der Waals surface area contributed by atoms with E-state index in [0.29, 0.717) is 0 Å². The summed E-state index contributed by atoms with van der Waals surface area (Å²) in [5, 5.41) is 12.8. The summed E-state index contributed by atoms with van der Waals surface area (Å²) in [4.78, 5) is 6.93. The first-order chi connectivity index (χ1) is 9.21. The molecule has 2 N–H and O–H groups in total. The number of aryl methyl sites for hydroxylation is 1. The minimum absolute atomic E-state index is 0.122. The largest absolute Gasteiger partial charge is 0.394 e. The lowest BCUT2D eigenvalue weighted by molar-refractivity contribution is 0.122. The zero-order valence-corrected chi connectivity index (χ0v) is 11.4. The number of morpholine rings is 1. The molecule has 104 valence electrons. The highest BCUT2D eigenvalue weighted by Gasteiger charge is 2.42. The fourth-order valence-electron chi connectivity index (χ4n) is 2.41. The Kier molecular flexibility index (Phi) is 3.33. The maximum absolute atomic E-state index is 9.39. The molecule has 0 atom stereocenters.